The molecule has 1 aliphatic heterocycles. The lowest BCUT2D eigenvalue weighted by molar-refractivity contribution is 0.120. The molecule has 3 N–H and O–H groups in total. The van der Waals surface area contributed by atoms with Crippen molar-refractivity contribution in [1.82, 2.24) is 14.9 Å². The number of hydrogen-bond donors (Lipinski definition) is 2. The number of carboxylic acid groups (broad SMARTS) is 1. The van der Waals surface area contributed by atoms with Gasteiger partial charge in [0.2, 0.25) is 0 Å². The van der Waals surface area contributed by atoms with Gasteiger partial charge in [0.1, 0.15) is 10.5 Å². The molecule has 1 aliphatic rings. The maximum atomic E-state index is 11.3. The summed E-state index contributed by atoms with van der Waals surface area (Å²) in [6.07, 6.45) is 3.28. The van der Waals surface area contributed by atoms with Crippen LogP contribution in [0, 0.1) is 0 Å². The second-order valence-corrected chi connectivity index (χ2v) is 7.74. The van der Waals surface area contributed by atoms with E-state index in [1.54, 1.807) is 23.7 Å². The lowest BCUT2D eigenvalue weighted by Crippen LogP contribution is -2.41. The third kappa shape index (κ3) is 2.25. The molecule has 6 nitrogen and oxygen atoms in total. The zero-order valence-corrected chi connectivity index (χ0v) is 13.9. The smallest absolute Gasteiger partial charge is 0.407 e. The van der Waals surface area contributed by atoms with Crippen LogP contribution in [0.4, 0.5) is 9.80 Å². The number of fused-ring (bicyclic) bond motifs is 2. The average molecular weight is 346 g/mol. The number of thiazole rings is 1. The molecule has 3 aromatic heterocycles. The molecule has 0 saturated carbocycles. The predicted octanol–water partition coefficient (Wildman–Crippen LogP) is 3.43. The Morgan fingerprint density at radius 3 is 3.04 bits per heavy atom. The summed E-state index contributed by atoms with van der Waals surface area (Å²) in [5.41, 5.74) is 9.23. The van der Waals surface area contributed by atoms with Gasteiger partial charge in [0.15, 0.2) is 0 Å². The molecule has 1 amide bonds. The standard InChI is InChI=1S/C15H14N4O2S2/c1-7-4-8-11(6-19(7)15(20)21)22-13(16)12(8)14-18-9-5-17-3-2-10(9)23-14/h2-3,5,7H,4,6,16H2,1H3,(H,20,21)/t7-/m0/s1. The minimum Gasteiger partial charge on any atom is -0.465 e. The molecule has 3 aromatic rings. The molecule has 0 unspecified atom stereocenters. The molecular weight excluding hydrogens is 332 g/mol. The van der Waals surface area contributed by atoms with Crippen LogP contribution in [0.1, 0.15) is 17.4 Å². The molecular formula is C15H14N4O2S2. The molecule has 0 fully saturated rings. The zero-order chi connectivity index (χ0) is 16.1. The summed E-state index contributed by atoms with van der Waals surface area (Å²) in [5.74, 6) is 0. The van der Waals surface area contributed by atoms with Gasteiger partial charge >= 0.3 is 6.09 Å². The minimum absolute atomic E-state index is 0.0659. The largest absolute Gasteiger partial charge is 0.465 e. The highest BCUT2D eigenvalue weighted by Gasteiger charge is 2.32. The Bertz CT molecular complexity index is 884. The van der Waals surface area contributed by atoms with Gasteiger partial charge in [-0.3, -0.25) is 4.98 Å². The Balaban J connectivity index is 1.83. The van der Waals surface area contributed by atoms with E-state index in [0.29, 0.717) is 18.0 Å². The van der Waals surface area contributed by atoms with E-state index in [-0.39, 0.29) is 6.04 Å². The summed E-state index contributed by atoms with van der Waals surface area (Å²) in [6.45, 7) is 2.32. The maximum absolute atomic E-state index is 11.3. The van der Waals surface area contributed by atoms with Crippen molar-refractivity contribution in [2.24, 2.45) is 0 Å². The normalized spacial score (nSPS) is 17.4. The van der Waals surface area contributed by atoms with Gasteiger partial charge in [-0.15, -0.1) is 22.7 Å². The first kappa shape index (κ1) is 14.4. The number of nitrogens with two attached hydrogens (primary N) is 1. The van der Waals surface area contributed by atoms with E-state index in [1.807, 2.05) is 13.0 Å². The SMILES string of the molecule is C[C@H]1Cc2c(sc(N)c2-c2nc3cnccc3s2)CN1C(=O)O. The van der Waals surface area contributed by atoms with Gasteiger partial charge in [0.25, 0.3) is 0 Å². The quantitative estimate of drug-likeness (QED) is 0.704. The summed E-state index contributed by atoms with van der Waals surface area (Å²) in [7, 11) is 0. The van der Waals surface area contributed by atoms with E-state index in [1.165, 1.54) is 16.2 Å². The van der Waals surface area contributed by atoms with Crippen LogP contribution in [-0.4, -0.2) is 32.1 Å². The second kappa shape index (κ2) is 5.17. The number of rotatable bonds is 1. The number of thiophene rings is 1. The first-order valence-electron chi connectivity index (χ1n) is 7.15. The zero-order valence-electron chi connectivity index (χ0n) is 12.3. The molecule has 4 heterocycles. The third-order valence-corrected chi connectivity index (χ3v) is 6.21. The van der Waals surface area contributed by atoms with Crippen molar-refractivity contribution >= 4 is 44.0 Å². The van der Waals surface area contributed by atoms with Crippen molar-refractivity contribution in [2.75, 3.05) is 5.73 Å². The number of amides is 1. The van der Waals surface area contributed by atoms with Crippen molar-refractivity contribution in [1.29, 1.82) is 0 Å². The van der Waals surface area contributed by atoms with Crippen molar-refractivity contribution < 1.29 is 9.90 Å². The molecule has 8 heteroatoms. The molecule has 4 rings (SSSR count). The summed E-state index contributed by atoms with van der Waals surface area (Å²) in [6, 6.07) is 1.88. The fourth-order valence-corrected chi connectivity index (χ4v) is 5.15. The van der Waals surface area contributed by atoms with Gasteiger partial charge in [0.05, 0.1) is 22.4 Å². The Morgan fingerprint density at radius 1 is 1.48 bits per heavy atom. The molecule has 0 spiro atoms. The monoisotopic (exact) mass is 346 g/mol. The maximum Gasteiger partial charge on any atom is 0.407 e. The molecule has 0 bridgehead atoms. The van der Waals surface area contributed by atoms with Gasteiger partial charge in [-0.25, -0.2) is 9.78 Å². The van der Waals surface area contributed by atoms with Crippen LogP contribution in [0.25, 0.3) is 20.8 Å². The Labute approximate surface area is 140 Å². The van der Waals surface area contributed by atoms with E-state index in [4.69, 9.17) is 5.73 Å². The van der Waals surface area contributed by atoms with Crippen LogP contribution in [-0.2, 0) is 13.0 Å². The van der Waals surface area contributed by atoms with Gasteiger partial charge in [-0.05, 0) is 25.0 Å². The average Bonchev–Trinajstić information content (AvgIpc) is 3.05. The van der Waals surface area contributed by atoms with Crippen LogP contribution >= 0.6 is 22.7 Å². The molecule has 23 heavy (non-hydrogen) atoms. The highest BCUT2D eigenvalue weighted by molar-refractivity contribution is 7.22. The number of nitrogens with zero attached hydrogens (tertiary/aromatic N) is 3. The molecule has 0 aromatic carbocycles. The van der Waals surface area contributed by atoms with E-state index in [9.17, 15) is 9.90 Å². The van der Waals surface area contributed by atoms with E-state index in [2.05, 4.69) is 9.97 Å². The molecule has 0 radical (unpaired) electrons. The summed E-state index contributed by atoms with van der Waals surface area (Å²) in [5, 5.41) is 10.9. The van der Waals surface area contributed by atoms with Crippen molar-refractivity contribution in [2.45, 2.75) is 25.9 Å². The number of aromatic nitrogens is 2. The minimum atomic E-state index is -0.886. The summed E-state index contributed by atoms with van der Waals surface area (Å²) in [4.78, 5) is 22.6. The first-order valence-corrected chi connectivity index (χ1v) is 8.78. The summed E-state index contributed by atoms with van der Waals surface area (Å²) < 4.78 is 1.07. The van der Waals surface area contributed by atoms with Crippen LogP contribution in [0.5, 0.6) is 0 Å². The van der Waals surface area contributed by atoms with Gasteiger partial charge in [-0.1, -0.05) is 0 Å². The highest BCUT2D eigenvalue weighted by Crippen LogP contribution is 2.44. The number of pyridine rings is 1. The van der Waals surface area contributed by atoms with Crippen LogP contribution in [0.15, 0.2) is 18.5 Å². The topological polar surface area (TPSA) is 92.3 Å². The number of carbonyl (C=O) groups is 1. The molecule has 0 saturated heterocycles. The summed E-state index contributed by atoms with van der Waals surface area (Å²) >= 11 is 3.06. The molecule has 118 valence electrons. The van der Waals surface area contributed by atoms with E-state index >= 15 is 0 Å². The molecule has 0 aliphatic carbocycles. The third-order valence-electron chi connectivity index (χ3n) is 4.11. The van der Waals surface area contributed by atoms with Crippen molar-refractivity contribution in [3.63, 3.8) is 0 Å². The predicted molar refractivity (Wildman–Crippen MR) is 91.9 cm³/mol. The van der Waals surface area contributed by atoms with Gasteiger partial charge in [-0.2, -0.15) is 0 Å². The molecule has 1 atom stereocenters. The number of hydrogen-bond acceptors (Lipinski definition) is 6. The lowest BCUT2D eigenvalue weighted by atomic mass is 9.98. The Morgan fingerprint density at radius 2 is 2.30 bits per heavy atom. The van der Waals surface area contributed by atoms with E-state index in [0.717, 1.165) is 31.2 Å². The fourth-order valence-electron chi connectivity index (χ4n) is 2.97. The van der Waals surface area contributed by atoms with Crippen LogP contribution in [0.3, 0.4) is 0 Å². The number of anilines is 1. The fraction of sp³-hybridized carbons (Fsp3) is 0.267. The highest BCUT2D eigenvalue weighted by atomic mass is 32.1. The Hall–Kier alpha value is -2.19. The van der Waals surface area contributed by atoms with Gasteiger partial charge in [0, 0.05) is 22.7 Å². The van der Waals surface area contributed by atoms with Crippen molar-refractivity contribution in [3.05, 3.63) is 28.9 Å². The first-order chi connectivity index (χ1) is 11.0. The second-order valence-electron chi connectivity index (χ2n) is 5.57. The van der Waals surface area contributed by atoms with E-state index < -0.39 is 6.09 Å². The van der Waals surface area contributed by atoms with Gasteiger partial charge < -0.3 is 15.7 Å². The Kier molecular flexibility index (Phi) is 3.24. The van der Waals surface area contributed by atoms with Crippen molar-refractivity contribution in [3.8, 4) is 10.6 Å². The van der Waals surface area contributed by atoms with Crippen LogP contribution in [0.2, 0.25) is 0 Å². The number of nitrogen functional groups attached to an aromatic ring is 1. The van der Waals surface area contributed by atoms with Crippen LogP contribution < -0.4 is 5.73 Å². The lowest BCUT2D eigenvalue weighted by Gasteiger charge is -2.31.